The molecule has 4 rings (SSSR count). The summed E-state index contributed by atoms with van der Waals surface area (Å²) in [5.41, 5.74) is 1.71. The van der Waals surface area contributed by atoms with Gasteiger partial charge < -0.3 is 24.4 Å². The molecule has 0 spiro atoms. The van der Waals surface area contributed by atoms with Crippen molar-refractivity contribution in [1.29, 1.82) is 0 Å². The van der Waals surface area contributed by atoms with Crippen molar-refractivity contribution >= 4 is 11.8 Å². The highest BCUT2D eigenvalue weighted by Crippen LogP contribution is 2.30. The van der Waals surface area contributed by atoms with Gasteiger partial charge in [0, 0.05) is 62.3 Å². The predicted octanol–water partition coefficient (Wildman–Crippen LogP) is 0.549. The van der Waals surface area contributed by atoms with Gasteiger partial charge in [-0.1, -0.05) is 6.92 Å². The zero-order valence-corrected chi connectivity index (χ0v) is 21.0. The first-order valence-electron chi connectivity index (χ1n) is 12.2. The Morgan fingerprint density at radius 3 is 2.64 bits per heavy atom. The lowest BCUT2D eigenvalue weighted by Gasteiger charge is -2.38. The third kappa shape index (κ3) is 5.97. The molecule has 4 heterocycles. The van der Waals surface area contributed by atoms with Crippen molar-refractivity contribution in [2.24, 2.45) is 5.92 Å². The van der Waals surface area contributed by atoms with Gasteiger partial charge in [0.1, 0.15) is 18.0 Å². The Hall–Kier alpha value is -3.15. The zero-order valence-electron chi connectivity index (χ0n) is 21.0. The molecule has 0 aromatic carbocycles. The number of aliphatic hydroxyl groups is 1. The van der Waals surface area contributed by atoms with Crippen LogP contribution >= 0.6 is 0 Å². The Morgan fingerprint density at radius 2 is 1.94 bits per heavy atom. The van der Waals surface area contributed by atoms with Crippen LogP contribution in [0.1, 0.15) is 24.2 Å². The smallest absolute Gasteiger partial charge is 0.259 e. The molecule has 0 unspecified atom stereocenters. The van der Waals surface area contributed by atoms with Crippen LogP contribution in [0.15, 0.2) is 31.0 Å². The zero-order chi connectivity index (χ0) is 25.7. The third-order valence-corrected chi connectivity index (χ3v) is 6.76. The third-order valence-electron chi connectivity index (χ3n) is 6.76. The van der Waals surface area contributed by atoms with Gasteiger partial charge in [-0.05, 0) is 13.0 Å². The second kappa shape index (κ2) is 11.7. The largest absolute Gasteiger partial charge is 0.472 e. The van der Waals surface area contributed by atoms with E-state index in [9.17, 15) is 14.7 Å². The lowest BCUT2D eigenvalue weighted by atomic mass is 9.99. The van der Waals surface area contributed by atoms with Crippen LogP contribution in [0.2, 0.25) is 0 Å². The number of amides is 2. The number of pyridine rings is 1. The summed E-state index contributed by atoms with van der Waals surface area (Å²) >= 11 is 0. The Bertz CT molecular complexity index is 1050. The van der Waals surface area contributed by atoms with Gasteiger partial charge in [-0.15, -0.1) is 0 Å². The molecule has 11 heteroatoms. The Labute approximate surface area is 211 Å². The van der Waals surface area contributed by atoms with Crippen molar-refractivity contribution in [1.82, 2.24) is 29.7 Å². The van der Waals surface area contributed by atoms with E-state index < -0.39 is 12.1 Å². The van der Waals surface area contributed by atoms with Gasteiger partial charge >= 0.3 is 0 Å². The molecule has 1 fully saturated rings. The summed E-state index contributed by atoms with van der Waals surface area (Å²) in [4.78, 5) is 44.5. The fourth-order valence-electron chi connectivity index (χ4n) is 4.37. The number of fused-ring (bicyclic) bond motifs is 1. The minimum absolute atomic E-state index is 0.000901. The van der Waals surface area contributed by atoms with E-state index in [-0.39, 0.29) is 30.2 Å². The average Bonchev–Trinajstić information content (AvgIpc) is 2.91. The quantitative estimate of drug-likeness (QED) is 0.583. The van der Waals surface area contributed by atoms with E-state index in [0.717, 1.165) is 18.7 Å². The number of carbonyl (C=O) groups is 2. The highest BCUT2D eigenvalue weighted by molar-refractivity contribution is 5.98. The first kappa shape index (κ1) is 25.9. The maximum atomic E-state index is 13.6. The number of aliphatic hydroxyl groups excluding tert-OH is 1. The SMILES string of the molecule is C[C@H]1CN([C@@H](C)CO)C(=O)c2cc(-c3cncnc3)cnc2O[C@@H]1CN(C)C(=O)CN1CCOCC1. The summed E-state index contributed by atoms with van der Waals surface area (Å²) in [5, 5.41) is 9.85. The maximum absolute atomic E-state index is 13.6. The second-order valence-corrected chi connectivity index (χ2v) is 9.49. The van der Waals surface area contributed by atoms with Gasteiger partial charge in [0.25, 0.3) is 5.91 Å². The fraction of sp³-hybridized carbons (Fsp3) is 0.560. The molecule has 2 amide bonds. The molecule has 2 aromatic rings. The summed E-state index contributed by atoms with van der Waals surface area (Å²) in [6.45, 7) is 7.39. The Morgan fingerprint density at radius 1 is 1.22 bits per heavy atom. The lowest BCUT2D eigenvalue weighted by molar-refractivity contribution is -0.133. The van der Waals surface area contributed by atoms with Crippen LogP contribution in [0.4, 0.5) is 0 Å². The first-order chi connectivity index (χ1) is 17.4. The topological polar surface area (TPSA) is 121 Å². The van der Waals surface area contributed by atoms with Crippen molar-refractivity contribution in [2.75, 3.05) is 59.6 Å². The molecule has 2 aromatic heterocycles. The van der Waals surface area contributed by atoms with Crippen LogP contribution in [0.5, 0.6) is 5.88 Å². The maximum Gasteiger partial charge on any atom is 0.259 e. The monoisotopic (exact) mass is 498 g/mol. The number of hydrogen-bond donors (Lipinski definition) is 1. The van der Waals surface area contributed by atoms with Crippen LogP contribution in [0.25, 0.3) is 11.1 Å². The molecule has 0 bridgehead atoms. The molecular formula is C25H34N6O5. The molecule has 3 atom stereocenters. The average molecular weight is 499 g/mol. The van der Waals surface area contributed by atoms with Crippen LogP contribution in [-0.2, 0) is 9.53 Å². The van der Waals surface area contributed by atoms with Crippen LogP contribution < -0.4 is 4.74 Å². The van der Waals surface area contributed by atoms with Gasteiger partial charge in [0.05, 0.1) is 39.0 Å². The van der Waals surface area contributed by atoms with E-state index in [1.165, 1.54) is 6.33 Å². The second-order valence-electron chi connectivity index (χ2n) is 9.49. The molecule has 11 nitrogen and oxygen atoms in total. The standard InChI is InChI=1S/C25H34N6O5/c1-17-12-31(18(2)15-32)25(34)21-8-19(20-9-26-16-27-10-20)11-28-24(21)36-22(17)13-29(3)23(33)14-30-4-6-35-7-5-30/h8-11,16-18,22,32H,4-7,12-15H2,1-3H3/t17-,18-,22+/m0/s1. The van der Waals surface area contributed by atoms with E-state index >= 15 is 0 Å². The molecule has 1 saturated heterocycles. The summed E-state index contributed by atoms with van der Waals surface area (Å²) in [5.74, 6) is -0.168. The van der Waals surface area contributed by atoms with E-state index in [1.807, 2.05) is 13.8 Å². The van der Waals surface area contributed by atoms with Gasteiger partial charge in [-0.25, -0.2) is 15.0 Å². The number of morpholine rings is 1. The molecule has 1 N–H and O–H groups in total. The molecule has 194 valence electrons. The Kier molecular flexibility index (Phi) is 8.44. The summed E-state index contributed by atoms with van der Waals surface area (Å²) in [6, 6.07) is 1.33. The highest BCUT2D eigenvalue weighted by atomic mass is 16.5. The van der Waals surface area contributed by atoms with Crippen LogP contribution in [0.3, 0.4) is 0 Å². The molecule has 0 saturated carbocycles. The number of hydrogen-bond acceptors (Lipinski definition) is 9. The molecule has 2 aliphatic heterocycles. The van der Waals surface area contributed by atoms with Gasteiger partial charge in [0.2, 0.25) is 11.8 Å². The number of ether oxygens (including phenoxy) is 2. The number of rotatable bonds is 7. The van der Waals surface area contributed by atoms with E-state index in [1.54, 1.807) is 41.5 Å². The molecular weight excluding hydrogens is 464 g/mol. The molecule has 0 aliphatic carbocycles. The Balaban J connectivity index is 1.59. The van der Waals surface area contributed by atoms with E-state index in [4.69, 9.17) is 9.47 Å². The van der Waals surface area contributed by atoms with Crippen molar-refractivity contribution < 1.29 is 24.2 Å². The van der Waals surface area contributed by atoms with Crippen molar-refractivity contribution in [3.8, 4) is 17.0 Å². The van der Waals surface area contributed by atoms with Gasteiger partial charge in [-0.3, -0.25) is 14.5 Å². The predicted molar refractivity (Wildman–Crippen MR) is 131 cm³/mol. The van der Waals surface area contributed by atoms with Gasteiger partial charge in [0.15, 0.2) is 0 Å². The van der Waals surface area contributed by atoms with Crippen molar-refractivity contribution in [2.45, 2.75) is 26.0 Å². The van der Waals surface area contributed by atoms with Gasteiger partial charge in [-0.2, -0.15) is 0 Å². The lowest BCUT2D eigenvalue weighted by Crippen LogP contribution is -2.51. The molecule has 0 radical (unpaired) electrons. The highest BCUT2D eigenvalue weighted by Gasteiger charge is 2.35. The first-order valence-corrected chi connectivity index (χ1v) is 12.2. The number of aromatic nitrogens is 3. The minimum atomic E-state index is -0.401. The van der Waals surface area contributed by atoms with Crippen molar-refractivity contribution in [3.05, 3.63) is 36.5 Å². The van der Waals surface area contributed by atoms with Crippen LogP contribution in [0, 0.1) is 5.92 Å². The number of carbonyl (C=O) groups excluding carboxylic acids is 2. The minimum Gasteiger partial charge on any atom is -0.472 e. The summed E-state index contributed by atoms with van der Waals surface area (Å²) < 4.78 is 11.7. The molecule has 2 aliphatic rings. The fourth-order valence-corrected chi connectivity index (χ4v) is 4.37. The summed E-state index contributed by atoms with van der Waals surface area (Å²) in [7, 11) is 1.77. The number of nitrogens with zero attached hydrogens (tertiary/aromatic N) is 6. The van der Waals surface area contributed by atoms with E-state index in [0.29, 0.717) is 44.0 Å². The number of likely N-dealkylation sites (N-methyl/N-ethyl adjacent to an activating group) is 1. The molecule has 36 heavy (non-hydrogen) atoms. The summed E-state index contributed by atoms with van der Waals surface area (Å²) in [6.07, 6.45) is 5.97. The van der Waals surface area contributed by atoms with E-state index in [2.05, 4.69) is 19.9 Å². The normalized spacial score (nSPS) is 21.7. The van der Waals surface area contributed by atoms with Crippen molar-refractivity contribution in [3.63, 3.8) is 0 Å². The van der Waals surface area contributed by atoms with Crippen LogP contribution in [-0.4, -0.2) is 118 Å².